The molecule has 0 saturated carbocycles. The van der Waals surface area contributed by atoms with Gasteiger partial charge in [0.1, 0.15) is 11.0 Å². The van der Waals surface area contributed by atoms with Crippen LogP contribution in [0.2, 0.25) is 0 Å². The number of hydrogen-bond donors (Lipinski definition) is 2. The fourth-order valence-corrected chi connectivity index (χ4v) is 4.58. The van der Waals surface area contributed by atoms with E-state index in [2.05, 4.69) is 15.5 Å². The zero-order valence-corrected chi connectivity index (χ0v) is 20.4. The van der Waals surface area contributed by atoms with Crippen molar-refractivity contribution in [1.82, 2.24) is 0 Å². The van der Waals surface area contributed by atoms with E-state index in [1.165, 1.54) is 23.2 Å². The quantitative estimate of drug-likeness (QED) is 0.350. The number of anilines is 2. The molecule has 3 aromatic rings. The molecule has 0 radical (unpaired) electrons. The van der Waals surface area contributed by atoms with Gasteiger partial charge in [-0.2, -0.15) is 5.10 Å². The number of thioether (sulfide) groups is 1. The van der Waals surface area contributed by atoms with E-state index in [0.717, 1.165) is 17.3 Å². The highest BCUT2D eigenvalue weighted by Gasteiger charge is 2.40. The summed E-state index contributed by atoms with van der Waals surface area (Å²) in [5, 5.41) is 20.5. The van der Waals surface area contributed by atoms with Gasteiger partial charge in [0.2, 0.25) is 11.8 Å². The van der Waals surface area contributed by atoms with E-state index in [1.807, 2.05) is 18.2 Å². The molecular formula is C26H24N4O5S. The first kappa shape index (κ1) is 24.8. The van der Waals surface area contributed by atoms with Gasteiger partial charge in [-0.15, -0.1) is 5.10 Å². The second kappa shape index (κ2) is 11.4. The Bertz CT molecular complexity index is 1300. The first-order valence-electron chi connectivity index (χ1n) is 11.0. The van der Waals surface area contributed by atoms with E-state index in [0.29, 0.717) is 28.0 Å². The van der Waals surface area contributed by atoms with Crippen LogP contribution in [0.3, 0.4) is 0 Å². The number of rotatable bonds is 8. The van der Waals surface area contributed by atoms with Crippen molar-refractivity contribution in [2.45, 2.75) is 11.7 Å². The first-order valence-corrected chi connectivity index (χ1v) is 11.8. The summed E-state index contributed by atoms with van der Waals surface area (Å²) in [4.78, 5) is 27.3. The zero-order chi connectivity index (χ0) is 25.5. The fraction of sp³-hybridized carbons (Fsp3) is 0.154. The van der Waals surface area contributed by atoms with E-state index in [9.17, 15) is 14.7 Å². The van der Waals surface area contributed by atoms with Crippen LogP contribution in [0.15, 0.2) is 83.0 Å². The third kappa shape index (κ3) is 5.84. The number of amidine groups is 1. The summed E-state index contributed by atoms with van der Waals surface area (Å²) in [5.41, 5.74) is 1.89. The average molecular weight is 505 g/mol. The molecule has 1 fully saturated rings. The molecule has 2 N–H and O–H groups in total. The second-order valence-electron chi connectivity index (χ2n) is 7.66. The summed E-state index contributed by atoms with van der Waals surface area (Å²) >= 11 is 1.16. The number of phenols is 1. The Morgan fingerprint density at radius 1 is 1.06 bits per heavy atom. The van der Waals surface area contributed by atoms with Crippen molar-refractivity contribution in [2.75, 3.05) is 24.4 Å². The Hall–Kier alpha value is -4.31. The molecule has 1 heterocycles. The SMILES string of the molecule is COc1ccc(/C=N/N=C2/SC(CC(=O)Nc3ccccc3)C(=O)N2c2ccc(O)cc2)cc1OC. The fourth-order valence-electron chi connectivity index (χ4n) is 3.49. The largest absolute Gasteiger partial charge is 0.508 e. The van der Waals surface area contributed by atoms with Crippen molar-refractivity contribution in [3.05, 3.63) is 78.4 Å². The monoisotopic (exact) mass is 504 g/mol. The minimum Gasteiger partial charge on any atom is -0.508 e. The van der Waals surface area contributed by atoms with Gasteiger partial charge in [0.05, 0.1) is 26.1 Å². The topological polar surface area (TPSA) is 113 Å². The van der Waals surface area contributed by atoms with Crippen molar-refractivity contribution in [3.8, 4) is 17.2 Å². The van der Waals surface area contributed by atoms with E-state index in [1.54, 1.807) is 56.7 Å². The van der Waals surface area contributed by atoms with Crippen LogP contribution in [0.1, 0.15) is 12.0 Å². The van der Waals surface area contributed by atoms with Crippen molar-refractivity contribution < 1.29 is 24.2 Å². The average Bonchev–Trinajstić information content (AvgIpc) is 3.19. The number of ether oxygens (including phenoxy) is 2. The molecule has 1 aliphatic rings. The van der Waals surface area contributed by atoms with Crippen LogP contribution >= 0.6 is 11.8 Å². The molecular weight excluding hydrogens is 480 g/mol. The van der Waals surface area contributed by atoms with Gasteiger partial charge in [-0.25, -0.2) is 0 Å². The summed E-state index contributed by atoms with van der Waals surface area (Å²) in [6.07, 6.45) is 1.50. The van der Waals surface area contributed by atoms with Crippen LogP contribution in [0.5, 0.6) is 17.2 Å². The van der Waals surface area contributed by atoms with Gasteiger partial charge >= 0.3 is 0 Å². The maximum Gasteiger partial charge on any atom is 0.247 e. The van der Waals surface area contributed by atoms with Crippen molar-refractivity contribution in [2.24, 2.45) is 10.2 Å². The summed E-state index contributed by atoms with van der Waals surface area (Å²) in [7, 11) is 3.10. The van der Waals surface area contributed by atoms with Crippen LogP contribution in [0.25, 0.3) is 0 Å². The Morgan fingerprint density at radius 2 is 1.78 bits per heavy atom. The highest BCUT2D eigenvalue weighted by atomic mass is 32.2. The zero-order valence-electron chi connectivity index (χ0n) is 19.6. The number of methoxy groups -OCH3 is 2. The number of para-hydroxylation sites is 1. The van der Waals surface area contributed by atoms with Crippen LogP contribution < -0.4 is 19.7 Å². The van der Waals surface area contributed by atoms with Gasteiger partial charge in [0, 0.05) is 12.1 Å². The maximum absolute atomic E-state index is 13.3. The molecule has 184 valence electrons. The lowest BCUT2D eigenvalue weighted by Crippen LogP contribution is -2.33. The summed E-state index contributed by atoms with van der Waals surface area (Å²) in [6.45, 7) is 0. The van der Waals surface area contributed by atoms with Crippen LogP contribution in [-0.2, 0) is 9.59 Å². The normalized spacial score (nSPS) is 16.5. The van der Waals surface area contributed by atoms with E-state index >= 15 is 0 Å². The van der Waals surface area contributed by atoms with Crippen molar-refractivity contribution >= 4 is 46.3 Å². The standard InChI is InChI=1S/C26H24N4O5S/c1-34-21-13-8-17(14-22(21)35-2)16-27-29-26-30(19-9-11-20(31)12-10-19)25(33)23(36-26)15-24(32)28-18-6-4-3-5-7-18/h3-14,16,23,31H,15H2,1-2H3,(H,28,32)/b27-16+,29-26+. The highest BCUT2D eigenvalue weighted by Crippen LogP contribution is 2.34. The van der Waals surface area contributed by atoms with Crippen LogP contribution in [0, 0.1) is 0 Å². The molecule has 10 heteroatoms. The lowest BCUT2D eigenvalue weighted by Gasteiger charge is -2.16. The Kier molecular flexibility index (Phi) is 7.86. The highest BCUT2D eigenvalue weighted by molar-refractivity contribution is 8.16. The lowest BCUT2D eigenvalue weighted by molar-refractivity contribution is -0.121. The number of aromatic hydroxyl groups is 1. The second-order valence-corrected chi connectivity index (χ2v) is 8.83. The summed E-state index contributed by atoms with van der Waals surface area (Å²) in [5.74, 6) is 0.631. The smallest absolute Gasteiger partial charge is 0.247 e. The molecule has 0 spiro atoms. The number of phenolic OH excluding ortho intramolecular Hbond substituents is 1. The van der Waals surface area contributed by atoms with Gasteiger partial charge in [-0.3, -0.25) is 14.5 Å². The minimum atomic E-state index is -0.683. The van der Waals surface area contributed by atoms with Gasteiger partial charge < -0.3 is 19.9 Å². The number of benzene rings is 3. The molecule has 36 heavy (non-hydrogen) atoms. The number of hydrogen-bond acceptors (Lipinski definition) is 8. The molecule has 2 amide bonds. The number of carbonyl (C=O) groups excluding carboxylic acids is 2. The van der Waals surface area contributed by atoms with Gasteiger partial charge in [-0.05, 0) is 60.2 Å². The third-order valence-electron chi connectivity index (χ3n) is 5.23. The molecule has 3 aromatic carbocycles. The van der Waals surface area contributed by atoms with Gasteiger partial charge in [0.25, 0.3) is 0 Å². The maximum atomic E-state index is 13.3. The predicted molar refractivity (Wildman–Crippen MR) is 141 cm³/mol. The van der Waals surface area contributed by atoms with Crippen molar-refractivity contribution in [3.63, 3.8) is 0 Å². The Morgan fingerprint density at radius 3 is 2.47 bits per heavy atom. The molecule has 0 aliphatic carbocycles. The summed E-state index contributed by atoms with van der Waals surface area (Å²) < 4.78 is 10.6. The molecule has 9 nitrogen and oxygen atoms in total. The van der Waals surface area contributed by atoms with E-state index in [-0.39, 0.29) is 24.0 Å². The Labute approximate surface area is 212 Å². The summed E-state index contributed by atoms with van der Waals surface area (Å²) in [6, 6.07) is 20.5. The molecule has 1 unspecified atom stereocenters. The minimum absolute atomic E-state index is 0.0363. The molecule has 1 saturated heterocycles. The van der Waals surface area contributed by atoms with E-state index in [4.69, 9.17) is 9.47 Å². The third-order valence-corrected chi connectivity index (χ3v) is 6.36. The van der Waals surface area contributed by atoms with Crippen molar-refractivity contribution in [1.29, 1.82) is 0 Å². The number of amides is 2. The predicted octanol–water partition coefficient (Wildman–Crippen LogP) is 4.28. The molecule has 0 bridgehead atoms. The lowest BCUT2D eigenvalue weighted by atomic mass is 10.2. The van der Waals surface area contributed by atoms with Gasteiger partial charge in [0.15, 0.2) is 16.7 Å². The molecule has 1 atom stereocenters. The van der Waals surface area contributed by atoms with Crippen LogP contribution in [-0.4, -0.2) is 47.8 Å². The Balaban J connectivity index is 1.56. The van der Waals surface area contributed by atoms with Crippen LogP contribution in [0.4, 0.5) is 11.4 Å². The molecule has 0 aromatic heterocycles. The molecule has 1 aliphatic heterocycles. The number of nitrogens with one attached hydrogen (secondary N) is 1. The van der Waals surface area contributed by atoms with E-state index < -0.39 is 5.25 Å². The molecule has 4 rings (SSSR count). The van der Waals surface area contributed by atoms with Gasteiger partial charge in [-0.1, -0.05) is 30.0 Å². The number of carbonyl (C=O) groups is 2. The first-order chi connectivity index (χ1) is 17.5. The number of nitrogens with zero attached hydrogens (tertiary/aromatic N) is 3.